The molecule has 0 saturated carbocycles. The SMILES string of the molecule is Cl.Cn1c(=NN)sc2cccc(S(=O)(=O)[O-])c21.[K+]. The van der Waals surface area contributed by atoms with Gasteiger partial charge >= 0.3 is 51.4 Å². The van der Waals surface area contributed by atoms with Crippen LogP contribution >= 0.6 is 23.7 Å². The molecule has 2 aromatic rings. The fraction of sp³-hybridized carbons (Fsp3) is 0.125. The molecule has 0 saturated heterocycles. The number of hydrogen-bond donors (Lipinski definition) is 1. The third-order valence-electron chi connectivity index (χ3n) is 2.17. The number of halogens is 1. The number of nitrogens with zero attached hydrogens (tertiary/aromatic N) is 2. The normalized spacial score (nSPS) is 12.0. The molecule has 0 unspecified atom stereocenters. The van der Waals surface area contributed by atoms with Gasteiger partial charge in [0.15, 0.2) is 0 Å². The quantitative estimate of drug-likeness (QED) is 0.266. The average Bonchev–Trinajstić information content (AvgIpc) is 2.54. The molecule has 6 nitrogen and oxygen atoms in total. The Morgan fingerprint density at radius 2 is 2.06 bits per heavy atom. The minimum absolute atomic E-state index is 0. The van der Waals surface area contributed by atoms with E-state index in [-0.39, 0.29) is 68.7 Å². The van der Waals surface area contributed by atoms with Gasteiger partial charge in [-0.1, -0.05) is 17.4 Å². The Kier molecular flexibility index (Phi) is 7.02. The Bertz CT molecular complexity index is 723. The number of hydrogen-bond acceptors (Lipinski definition) is 6. The standard InChI is InChI=1S/C8H9N3O3S2.ClH.K/c1-11-7-5(15-8(11)10-9)3-2-4-6(7)16(12,13)14;;/h2-4H,9H2,1H3,(H,12,13,14);1H;/q;;+1/p-1. The maximum atomic E-state index is 11.1. The molecule has 94 valence electrons. The van der Waals surface area contributed by atoms with E-state index < -0.39 is 10.1 Å². The summed E-state index contributed by atoms with van der Waals surface area (Å²) in [5, 5.41) is 3.52. The largest absolute Gasteiger partial charge is 1.00 e. The van der Waals surface area contributed by atoms with Crippen LogP contribution in [0.2, 0.25) is 0 Å². The number of para-hydroxylation sites is 1. The van der Waals surface area contributed by atoms with Crippen molar-refractivity contribution in [2.24, 2.45) is 18.0 Å². The Hall–Kier alpha value is 0.546. The molecular weight excluding hydrogens is 325 g/mol. The van der Waals surface area contributed by atoms with E-state index in [0.29, 0.717) is 15.0 Å². The van der Waals surface area contributed by atoms with Crippen molar-refractivity contribution in [1.82, 2.24) is 4.57 Å². The van der Waals surface area contributed by atoms with E-state index in [1.165, 1.54) is 28.0 Å². The van der Waals surface area contributed by atoms with E-state index in [0.717, 1.165) is 0 Å². The number of aryl methyl sites for hydroxylation is 1. The summed E-state index contributed by atoms with van der Waals surface area (Å²) in [5.74, 6) is 5.16. The third-order valence-corrected chi connectivity index (χ3v) is 4.14. The molecule has 0 spiro atoms. The minimum atomic E-state index is -4.49. The topological polar surface area (TPSA) is 101 Å². The van der Waals surface area contributed by atoms with Crippen LogP contribution in [0.25, 0.3) is 10.2 Å². The van der Waals surface area contributed by atoms with Crippen LogP contribution in [0.1, 0.15) is 0 Å². The van der Waals surface area contributed by atoms with Gasteiger partial charge in [-0.05, 0) is 12.1 Å². The zero-order valence-corrected chi connectivity index (χ0v) is 15.2. The average molecular weight is 334 g/mol. The molecule has 2 rings (SSSR count). The Labute approximate surface area is 156 Å². The Morgan fingerprint density at radius 1 is 1.44 bits per heavy atom. The van der Waals surface area contributed by atoms with Gasteiger partial charge < -0.3 is 15.0 Å². The second-order valence-electron chi connectivity index (χ2n) is 3.13. The summed E-state index contributed by atoms with van der Waals surface area (Å²) in [5.41, 5.74) is 0.340. The number of rotatable bonds is 1. The smallest absolute Gasteiger partial charge is 0.744 e. The zero-order valence-electron chi connectivity index (χ0n) is 9.65. The molecule has 0 aliphatic carbocycles. The van der Waals surface area contributed by atoms with E-state index in [2.05, 4.69) is 5.10 Å². The number of benzene rings is 1. The maximum absolute atomic E-state index is 11.1. The van der Waals surface area contributed by atoms with Gasteiger partial charge in [-0.2, -0.15) is 5.10 Å². The first-order valence-corrected chi connectivity index (χ1v) is 6.46. The van der Waals surface area contributed by atoms with Gasteiger partial charge in [0.05, 0.1) is 15.1 Å². The Balaban J connectivity index is 0.00000144. The van der Waals surface area contributed by atoms with Gasteiger partial charge in [0.25, 0.3) is 0 Å². The summed E-state index contributed by atoms with van der Waals surface area (Å²) in [7, 11) is -2.88. The summed E-state index contributed by atoms with van der Waals surface area (Å²) < 4.78 is 35.4. The van der Waals surface area contributed by atoms with Crippen molar-refractivity contribution in [2.45, 2.75) is 4.90 Å². The maximum Gasteiger partial charge on any atom is 1.00 e. The van der Waals surface area contributed by atoms with Gasteiger partial charge in [-0.15, -0.1) is 12.4 Å². The van der Waals surface area contributed by atoms with E-state index in [9.17, 15) is 13.0 Å². The van der Waals surface area contributed by atoms with Gasteiger partial charge in [0, 0.05) is 7.05 Å². The fourth-order valence-electron chi connectivity index (χ4n) is 1.49. The molecule has 1 aromatic heterocycles. The number of aromatic nitrogens is 1. The molecule has 2 N–H and O–H groups in total. The Morgan fingerprint density at radius 3 is 2.56 bits per heavy atom. The van der Waals surface area contributed by atoms with Crippen LogP contribution in [-0.4, -0.2) is 17.5 Å². The number of nitrogens with two attached hydrogens (primary N) is 1. The van der Waals surface area contributed by atoms with Crippen molar-refractivity contribution < 1.29 is 64.4 Å². The van der Waals surface area contributed by atoms with Crippen molar-refractivity contribution >= 4 is 44.1 Å². The van der Waals surface area contributed by atoms with Crippen molar-refractivity contribution in [3.8, 4) is 0 Å². The molecule has 0 bridgehead atoms. The predicted molar refractivity (Wildman–Crippen MR) is 65.8 cm³/mol. The molecule has 1 aromatic carbocycles. The van der Waals surface area contributed by atoms with E-state index in [1.807, 2.05) is 0 Å². The molecule has 18 heavy (non-hydrogen) atoms. The third kappa shape index (κ3) is 3.35. The monoisotopic (exact) mass is 333 g/mol. The van der Waals surface area contributed by atoms with Crippen LogP contribution in [0, 0.1) is 0 Å². The van der Waals surface area contributed by atoms with Gasteiger partial charge in [0.1, 0.15) is 10.1 Å². The van der Waals surface area contributed by atoms with Crippen LogP contribution < -0.4 is 62.0 Å². The molecule has 0 atom stereocenters. The molecule has 1 heterocycles. The van der Waals surface area contributed by atoms with E-state index in [4.69, 9.17) is 5.84 Å². The second kappa shape index (κ2) is 6.82. The summed E-state index contributed by atoms with van der Waals surface area (Å²) >= 11 is 1.22. The number of fused-ring (bicyclic) bond motifs is 1. The summed E-state index contributed by atoms with van der Waals surface area (Å²) in [4.78, 5) is 0.199. The van der Waals surface area contributed by atoms with Gasteiger partial charge in [-0.3, -0.25) is 0 Å². The molecule has 10 heteroatoms. The molecule has 0 fully saturated rings. The van der Waals surface area contributed by atoms with E-state index in [1.54, 1.807) is 13.1 Å². The van der Waals surface area contributed by atoms with Crippen molar-refractivity contribution in [3.63, 3.8) is 0 Å². The van der Waals surface area contributed by atoms with Crippen molar-refractivity contribution in [1.29, 1.82) is 0 Å². The first kappa shape index (κ1) is 18.5. The van der Waals surface area contributed by atoms with Gasteiger partial charge in [-0.25, -0.2) is 8.42 Å². The molecule has 0 aliphatic heterocycles. The van der Waals surface area contributed by atoms with Crippen LogP contribution in [-0.2, 0) is 17.2 Å². The predicted octanol–water partition coefficient (Wildman–Crippen LogP) is -2.66. The molecule has 0 amide bonds. The van der Waals surface area contributed by atoms with Crippen molar-refractivity contribution in [2.75, 3.05) is 0 Å². The summed E-state index contributed by atoms with van der Waals surface area (Å²) in [6.07, 6.45) is 0. The van der Waals surface area contributed by atoms with Crippen molar-refractivity contribution in [3.05, 3.63) is 23.0 Å². The minimum Gasteiger partial charge on any atom is -0.744 e. The van der Waals surface area contributed by atoms with Crippen LogP contribution in [0.5, 0.6) is 0 Å². The first-order valence-electron chi connectivity index (χ1n) is 4.23. The summed E-state index contributed by atoms with van der Waals surface area (Å²) in [6, 6.07) is 4.50. The number of thiazole rings is 1. The molecule has 0 radical (unpaired) electrons. The van der Waals surface area contributed by atoms with Crippen LogP contribution in [0.4, 0.5) is 0 Å². The second-order valence-corrected chi connectivity index (χ2v) is 5.49. The first-order chi connectivity index (χ1) is 7.45. The van der Waals surface area contributed by atoms with Crippen LogP contribution in [0.15, 0.2) is 28.2 Å². The van der Waals surface area contributed by atoms with E-state index >= 15 is 0 Å². The molecular formula is C8H9ClKN3O3S2. The van der Waals surface area contributed by atoms with Gasteiger partial charge in [0.2, 0.25) is 4.80 Å². The molecule has 0 aliphatic rings. The zero-order chi connectivity index (χ0) is 11.9. The fourth-order valence-corrected chi connectivity index (χ4v) is 3.25. The summed E-state index contributed by atoms with van der Waals surface area (Å²) in [6.45, 7) is 0. The van der Waals surface area contributed by atoms with Crippen LogP contribution in [0.3, 0.4) is 0 Å².